The largest absolute Gasteiger partial charge is 0.396 e. The van der Waals surface area contributed by atoms with Crippen LogP contribution in [0, 0.1) is 0 Å². The van der Waals surface area contributed by atoms with E-state index in [9.17, 15) is 0 Å². The summed E-state index contributed by atoms with van der Waals surface area (Å²) in [7, 11) is 0. The highest BCUT2D eigenvalue weighted by Crippen LogP contribution is 2.12. The third-order valence-corrected chi connectivity index (χ3v) is 2.58. The van der Waals surface area contributed by atoms with Gasteiger partial charge in [0.25, 0.3) is 0 Å². The zero-order valence-corrected chi connectivity index (χ0v) is 9.24. The van der Waals surface area contributed by atoms with Crippen LogP contribution in [0.2, 0.25) is 0 Å². The number of hydrogen-bond donors (Lipinski definition) is 2. The number of para-hydroxylation sites is 2. The summed E-state index contributed by atoms with van der Waals surface area (Å²) in [5.74, 6) is 0.845. The second kappa shape index (κ2) is 5.34. The molecule has 1 unspecified atom stereocenters. The maximum atomic E-state index is 8.98. The topological polar surface area (TPSA) is 97.7 Å². The molecule has 1 aromatic heterocycles. The molecule has 0 bridgehead atoms. The number of rotatable bonds is 5. The highest BCUT2D eigenvalue weighted by molar-refractivity contribution is 5.74. The van der Waals surface area contributed by atoms with Gasteiger partial charge in [-0.2, -0.15) is 0 Å². The average Bonchev–Trinajstić information content (AvgIpc) is 2.77. The third-order valence-electron chi connectivity index (χ3n) is 2.58. The Hall–Kier alpha value is -2.04. The molecule has 17 heavy (non-hydrogen) atoms. The Kier molecular flexibility index (Phi) is 3.59. The van der Waals surface area contributed by atoms with Gasteiger partial charge in [-0.3, -0.25) is 0 Å². The molecule has 0 spiro atoms. The lowest BCUT2D eigenvalue weighted by Gasteiger charge is -2.04. The maximum Gasteiger partial charge on any atom is 0.107 e. The van der Waals surface area contributed by atoms with Gasteiger partial charge in [0.05, 0.1) is 23.7 Å². The summed E-state index contributed by atoms with van der Waals surface area (Å²) in [6.07, 6.45) is 1.24. The lowest BCUT2D eigenvalue weighted by Crippen LogP contribution is -2.10. The van der Waals surface area contributed by atoms with Gasteiger partial charge in [-0.1, -0.05) is 17.2 Å². The molecule has 6 heteroatoms. The van der Waals surface area contributed by atoms with E-state index in [2.05, 4.69) is 20.0 Å². The second-order valence-electron chi connectivity index (χ2n) is 3.78. The number of H-pyrrole nitrogens is 1. The summed E-state index contributed by atoms with van der Waals surface area (Å²) >= 11 is 0. The number of aryl methyl sites for hydroxylation is 1. The molecular weight excluding hydrogens is 218 g/mol. The molecule has 1 atom stereocenters. The molecule has 0 aliphatic carbocycles. The van der Waals surface area contributed by atoms with Crippen molar-refractivity contribution in [2.24, 2.45) is 5.11 Å². The van der Waals surface area contributed by atoms with Gasteiger partial charge < -0.3 is 10.1 Å². The first kappa shape index (κ1) is 11.4. The average molecular weight is 231 g/mol. The number of aromatic amines is 1. The number of benzene rings is 1. The fraction of sp³-hybridized carbons (Fsp3) is 0.364. The van der Waals surface area contributed by atoms with E-state index in [1.165, 1.54) is 0 Å². The summed E-state index contributed by atoms with van der Waals surface area (Å²) in [4.78, 5) is 10.3. The van der Waals surface area contributed by atoms with Crippen molar-refractivity contribution in [3.8, 4) is 0 Å². The number of azide groups is 1. The molecule has 2 rings (SSSR count). The molecule has 0 radical (unpaired) electrons. The van der Waals surface area contributed by atoms with Crippen LogP contribution in [0.4, 0.5) is 0 Å². The Bertz CT molecular complexity index is 511. The zero-order valence-electron chi connectivity index (χ0n) is 9.24. The van der Waals surface area contributed by atoms with Crippen molar-refractivity contribution >= 4 is 11.0 Å². The minimum Gasteiger partial charge on any atom is -0.396 e. The third kappa shape index (κ3) is 2.75. The quantitative estimate of drug-likeness (QED) is 0.468. The number of nitrogens with zero attached hydrogens (tertiary/aromatic N) is 4. The van der Waals surface area contributed by atoms with Crippen LogP contribution in [0.15, 0.2) is 29.4 Å². The van der Waals surface area contributed by atoms with E-state index in [0.717, 1.165) is 16.9 Å². The molecule has 0 aliphatic heterocycles. The molecule has 0 aliphatic rings. The van der Waals surface area contributed by atoms with Crippen molar-refractivity contribution in [1.82, 2.24) is 9.97 Å². The van der Waals surface area contributed by atoms with Crippen molar-refractivity contribution in [2.75, 3.05) is 6.61 Å². The normalized spacial score (nSPS) is 12.3. The van der Waals surface area contributed by atoms with Crippen LogP contribution in [-0.2, 0) is 6.42 Å². The lowest BCUT2D eigenvalue weighted by molar-refractivity contribution is 0.260. The van der Waals surface area contributed by atoms with Gasteiger partial charge in [-0.25, -0.2) is 4.98 Å². The highest BCUT2D eigenvalue weighted by Gasteiger charge is 2.07. The summed E-state index contributed by atoms with van der Waals surface area (Å²) in [5.41, 5.74) is 10.2. The van der Waals surface area contributed by atoms with Crippen LogP contribution >= 0.6 is 0 Å². The molecule has 1 heterocycles. The number of aromatic nitrogens is 2. The van der Waals surface area contributed by atoms with Crippen LogP contribution in [0.25, 0.3) is 21.5 Å². The molecule has 6 nitrogen and oxygen atoms in total. The SMILES string of the molecule is [N-]=[N+]=NC(CO)CCc1nc2ccccc2[nH]1. The van der Waals surface area contributed by atoms with E-state index >= 15 is 0 Å². The van der Waals surface area contributed by atoms with E-state index in [1.54, 1.807) is 0 Å². The van der Waals surface area contributed by atoms with Crippen molar-refractivity contribution in [3.05, 3.63) is 40.5 Å². The molecule has 2 N–H and O–H groups in total. The van der Waals surface area contributed by atoms with Crippen molar-refractivity contribution in [1.29, 1.82) is 0 Å². The summed E-state index contributed by atoms with van der Waals surface area (Å²) in [6, 6.07) is 7.40. The standard InChI is InChI=1S/C11H13N5O/c12-16-15-8(7-17)5-6-11-13-9-3-1-2-4-10(9)14-11/h1-4,8,17H,5-7H2,(H,13,14). The van der Waals surface area contributed by atoms with Gasteiger partial charge in [0.1, 0.15) is 5.82 Å². The van der Waals surface area contributed by atoms with Crippen molar-refractivity contribution in [2.45, 2.75) is 18.9 Å². The number of aliphatic hydroxyl groups is 1. The van der Waals surface area contributed by atoms with Gasteiger partial charge >= 0.3 is 0 Å². The Morgan fingerprint density at radius 1 is 1.47 bits per heavy atom. The first-order valence-corrected chi connectivity index (χ1v) is 5.42. The van der Waals surface area contributed by atoms with E-state index in [-0.39, 0.29) is 12.6 Å². The molecule has 0 saturated heterocycles. The molecule has 0 saturated carbocycles. The minimum atomic E-state index is -0.381. The first-order chi connectivity index (χ1) is 8.33. The summed E-state index contributed by atoms with van der Waals surface area (Å²) < 4.78 is 0. The van der Waals surface area contributed by atoms with Gasteiger partial charge in [-0.05, 0) is 24.1 Å². The summed E-state index contributed by atoms with van der Waals surface area (Å²) in [6.45, 7) is -0.135. The fourth-order valence-corrected chi connectivity index (χ4v) is 1.69. The van der Waals surface area contributed by atoms with E-state index in [1.807, 2.05) is 24.3 Å². The highest BCUT2D eigenvalue weighted by atomic mass is 16.3. The van der Waals surface area contributed by atoms with Gasteiger partial charge in [0, 0.05) is 11.3 Å². The van der Waals surface area contributed by atoms with Gasteiger partial charge in [-0.15, -0.1) is 0 Å². The summed E-state index contributed by atoms with van der Waals surface area (Å²) in [5, 5.41) is 12.5. The first-order valence-electron chi connectivity index (χ1n) is 5.42. The smallest absolute Gasteiger partial charge is 0.107 e. The second-order valence-corrected chi connectivity index (χ2v) is 3.78. The van der Waals surface area contributed by atoms with E-state index in [4.69, 9.17) is 10.6 Å². The number of hydrogen-bond acceptors (Lipinski definition) is 3. The predicted octanol–water partition coefficient (Wildman–Crippen LogP) is 2.17. The van der Waals surface area contributed by atoms with E-state index < -0.39 is 0 Å². The van der Waals surface area contributed by atoms with Crippen LogP contribution in [0.1, 0.15) is 12.2 Å². The van der Waals surface area contributed by atoms with Gasteiger partial charge in [0.2, 0.25) is 0 Å². The van der Waals surface area contributed by atoms with Crippen molar-refractivity contribution in [3.63, 3.8) is 0 Å². The monoisotopic (exact) mass is 231 g/mol. The van der Waals surface area contributed by atoms with E-state index in [0.29, 0.717) is 12.8 Å². The fourth-order valence-electron chi connectivity index (χ4n) is 1.69. The van der Waals surface area contributed by atoms with Crippen molar-refractivity contribution < 1.29 is 5.11 Å². The number of nitrogens with one attached hydrogen (secondary N) is 1. The van der Waals surface area contributed by atoms with Crippen LogP contribution in [0.3, 0.4) is 0 Å². The Balaban J connectivity index is 2.05. The molecule has 2 aromatic rings. The van der Waals surface area contributed by atoms with Gasteiger partial charge in [0.15, 0.2) is 0 Å². The molecule has 0 fully saturated rings. The minimum absolute atomic E-state index is 0.135. The number of aliphatic hydroxyl groups excluding tert-OH is 1. The van der Waals surface area contributed by atoms with Crippen LogP contribution in [-0.4, -0.2) is 27.7 Å². The predicted molar refractivity (Wildman–Crippen MR) is 64.4 cm³/mol. The lowest BCUT2D eigenvalue weighted by atomic mass is 10.2. The molecule has 88 valence electrons. The Labute approximate surface area is 97.9 Å². The zero-order chi connectivity index (χ0) is 12.1. The van der Waals surface area contributed by atoms with Crippen LogP contribution < -0.4 is 0 Å². The van der Waals surface area contributed by atoms with Crippen LogP contribution in [0.5, 0.6) is 0 Å². The molecule has 0 amide bonds. The maximum absolute atomic E-state index is 8.98. The molecular formula is C11H13N5O. The Morgan fingerprint density at radius 2 is 2.29 bits per heavy atom. The number of fused-ring (bicyclic) bond motifs is 1. The molecule has 1 aromatic carbocycles. The Morgan fingerprint density at radius 3 is 3.00 bits per heavy atom. The number of imidazole rings is 1.